The molecule has 1 aromatic heterocycles. The van der Waals surface area contributed by atoms with E-state index in [0.29, 0.717) is 10.6 Å². The first-order valence-electron chi connectivity index (χ1n) is 8.25. The summed E-state index contributed by atoms with van der Waals surface area (Å²) in [4.78, 5) is 0.354. The van der Waals surface area contributed by atoms with Gasteiger partial charge in [-0.15, -0.1) is 10.2 Å². The topological polar surface area (TPSA) is 76.9 Å². The number of benzene rings is 2. The molecule has 0 unspecified atom stereocenters. The van der Waals surface area contributed by atoms with Crippen molar-refractivity contribution in [1.82, 2.24) is 14.8 Å². The molecule has 3 rings (SSSR count). The van der Waals surface area contributed by atoms with Crippen molar-refractivity contribution >= 4 is 15.7 Å². The van der Waals surface area contributed by atoms with E-state index in [-0.39, 0.29) is 0 Å². The van der Waals surface area contributed by atoms with E-state index >= 15 is 0 Å². The second kappa shape index (κ2) is 6.57. The smallest absolute Gasteiger partial charge is 0.262 e. The van der Waals surface area contributed by atoms with Gasteiger partial charge in [0.2, 0.25) is 0 Å². The fourth-order valence-electron chi connectivity index (χ4n) is 3.02. The number of aromatic nitrogens is 3. The van der Waals surface area contributed by atoms with Gasteiger partial charge in [0.15, 0.2) is 5.82 Å². The minimum absolute atomic E-state index is 0.354. The van der Waals surface area contributed by atoms with Crippen LogP contribution >= 0.6 is 0 Å². The van der Waals surface area contributed by atoms with Crippen LogP contribution in [0.5, 0.6) is 0 Å². The van der Waals surface area contributed by atoms with E-state index in [2.05, 4.69) is 14.9 Å². The van der Waals surface area contributed by atoms with Crippen molar-refractivity contribution in [1.29, 1.82) is 0 Å². The first-order chi connectivity index (χ1) is 12.2. The standard InChI is InChI=1S/C19H22N4O2S/c1-12-10-13(2)15(4)18(14(12)3)26(24,25)22-17-8-6-16(7-9-17)19-21-20-11-23(19)5/h6-11,22H,1-5H3. The third kappa shape index (κ3) is 3.22. The maximum Gasteiger partial charge on any atom is 0.262 e. The predicted octanol–water partition coefficient (Wildman–Crippen LogP) is 3.52. The normalized spacial score (nSPS) is 11.6. The van der Waals surface area contributed by atoms with Gasteiger partial charge in [-0.3, -0.25) is 4.72 Å². The Morgan fingerprint density at radius 2 is 1.54 bits per heavy atom. The molecule has 3 aromatic rings. The zero-order valence-corrected chi connectivity index (χ0v) is 16.3. The lowest BCUT2D eigenvalue weighted by molar-refractivity contribution is 0.599. The molecule has 0 fully saturated rings. The highest BCUT2D eigenvalue weighted by molar-refractivity contribution is 7.92. The molecule has 0 atom stereocenters. The Morgan fingerprint density at radius 3 is 2.04 bits per heavy atom. The Hall–Kier alpha value is -2.67. The molecular formula is C19H22N4O2S. The van der Waals surface area contributed by atoms with E-state index in [4.69, 9.17) is 0 Å². The van der Waals surface area contributed by atoms with E-state index < -0.39 is 10.0 Å². The Morgan fingerprint density at radius 1 is 0.962 bits per heavy atom. The molecule has 0 bridgehead atoms. The number of anilines is 1. The monoisotopic (exact) mass is 370 g/mol. The number of hydrogen-bond donors (Lipinski definition) is 1. The zero-order chi connectivity index (χ0) is 19.1. The Kier molecular flexibility index (Phi) is 4.58. The molecule has 136 valence electrons. The Labute approximate surface area is 154 Å². The highest BCUT2D eigenvalue weighted by Crippen LogP contribution is 2.28. The summed E-state index contributed by atoms with van der Waals surface area (Å²) in [5, 5.41) is 7.91. The number of sulfonamides is 1. The van der Waals surface area contributed by atoms with Crippen LogP contribution in [-0.4, -0.2) is 23.2 Å². The van der Waals surface area contributed by atoms with Crippen LogP contribution in [0.1, 0.15) is 22.3 Å². The highest BCUT2D eigenvalue weighted by Gasteiger charge is 2.22. The summed E-state index contributed by atoms with van der Waals surface area (Å²) in [5.74, 6) is 0.723. The molecule has 1 heterocycles. The molecule has 0 radical (unpaired) electrons. The van der Waals surface area contributed by atoms with E-state index in [1.807, 2.05) is 52.9 Å². The van der Waals surface area contributed by atoms with Crippen LogP contribution < -0.4 is 4.72 Å². The molecule has 0 amide bonds. The largest absolute Gasteiger partial charge is 0.317 e. The van der Waals surface area contributed by atoms with Gasteiger partial charge < -0.3 is 4.57 Å². The maximum atomic E-state index is 13.0. The molecule has 0 aliphatic heterocycles. The van der Waals surface area contributed by atoms with Crippen molar-refractivity contribution in [3.8, 4) is 11.4 Å². The van der Waals surface area contributed by atoms with Gasteiger partial charge in [0.05, 0.1) is 4.90 Å². The van der Waals surface area contributed by atoms with Gasteiger partial charge in [-0.2, -0.15) is 0 Å². The van der Waals surface area contributed by atoms with Gasteiger partial charge in [-0.25, -0.2) is 8.42 Å². The van der Waals surface area contributed by atoms with Gasteiger partial charge >= 0.3 is 0 Å². The van der Waals surface area contributed by atoms with Crippen molar-refractivity contribution in [3.63, 3.8) is 0 Å². The van der Waals surface area contributed by atoms with Gasteiger partial charge in [0.25, 0.3) is 10.0 Å². The first kappa shape index (κ1) is 18.1. The average Bonchev–Trinajstić information content (AvgIpc) is 2.99. The van der Waals surface area contributed by atoms with Crippen LogP contribution in [-0.2, 0) is 17.1 Å². The zero-order valence-electron chi connectivity index (χ0n) is 15.5. The molecule has 0 saturated heterocycles. The minimum atomic E-state index is -3.68. The summed E-state index contributed by atoms with van der Waals surface area (Å²) < 4.78 is 30.4. The summed E-state index contributed by atoms with van der Waals surface area (Å²) in [5.41, 5.74) is 4.85. The molecule has 1 N–H and O–H groups in total. The lowest BCUT2D eigenvalue weighted by atomic mass is 10.0. The fraction of sp³-hybridized carbons (Fsp3) is 0.263. The van der Waals surface area contributed by atoms with E-state index in [9.17, 15) is 8.42 Å². The summed E-state index contributed by atoms with van der Waals surface area (Å²) in [6.07, 6.45) is 1.62. The number of nitrogens with zero attached hydrogens (tertiary/aromatic N) is 3. The Bertz CT molecular complexity index is 1040. The molecule has 0 aliphatic carbocycles. The summed E-state index contributed by atoms with van der Waals surface area (Å²) >= 11 is 0. The van der Waals surface area contributed by atoms with Crippen molar-refractivity contribution in [2.75, 3.05) is 4.72 Å². The highest BCUT2D eigenvalue weighted by atomic mass is 32.2. The molecule has 7 heteroatoms. The first-order valence-corrected chi connectivity index (χ1v) is 9.73. The minimum Gasteiger partial charge on any atom is -0.317 e. The van der Waals surface area contributed by atoms with Gasteiger partial charge in [0, 0.05) is 18.3 Å². The SMILES string of the molecule is Cc1cc(C)c(C)c(S(=O)(=O)Nc2ccc(-c3nncn3C)cc2)c1C. The fourth-order valence-corrected chi connectivity index (χ4v) is 4.70. The van der Waals surface area contributed by atoms with Crippen molar-refractivity contribution in [2.24, 2.45) is 7.05 Å². The van der Waals surface area contributed by atoms with Gasteiger partial charge in [-0.05, 0) is 74.2 Å². The van der Waals surface area contributed by atoms with Gasteiger partial charge in [-0.1, -0.05) is 6.07 Å². The molecular weight excluding hydrogens is 348 g/mol. The quantitative estimate of drug-likeness (QED) is 0.762. The Balaban J connectivity index is 1.95. The third-order valence-electron chi connectivity index (χ3n) is 4.67. The molecule has 0 aliphatic rings. The average molecular weight is 370 g/mol. The molecule has 0 saturated carbocycles. The number of hydrogen-bond acceptors (Lipinski definition) is 4. The summed E-state index contributed by atoms with van der Waals surface area (Å²) in [6.45, 7) is 7.54. The van der Waals surface area contributed by atoms with E-state index in [0.717, 1.165) is 33.6 Å². The van der Waals surface area contributed by atoms with E-state index in [1.165, 1.54) is 0 Å². The van der Waals surface area contributed by atoms with Crippen LogP contribution in [0.25, 0.3) is 11.4 Å². The molecule has 26 heavy (non-hydrogen) atoms. The molecule has 0 spiro atoms. The number of rotatable bonds is 4. The number of nitrogens with one attached hydrogen (secondary N) is 1. The van der Waals surface area contributed by atoms with Crippen LogP contribution in [0, 0.1) is 27.7 Å². The van der Waals surface area contributed by atoms with E-state index in [1.54, 1.807) is 23.0 Å². The van der Waals surface area contributed by atoms with Gasteiger partial charge in [0.1, 0.15) is 6.33 Å². The lowest BCUT2D eigenvalue weighted by Crippen LogP contribution is -2.17. The second-order valence-corrected chi connectivity index (χ2v) is 8.16. The van der Waals surface area contributed by atoms with Crippen LogP contribution in [0.3, 0.4) is 0 Å². The maximum absolute atomic E-state index is 13.0. The number of aryl methyl sites for hydroxylation is 3. The summed E-state index contributed by atoms with van der Waals surface area (Å²) in [7, 11) is -1.82. The lowest BCUT2D eigenvalue weighted by Gasteiger charge is -2.17. The molecule has 2 aromatic carbocycles. The predicted molar refractivity (Wildman–Crippen MR) is 103 cm³/mol. The molecule has 6 nitrogen and oxygen atoms in total. The van der Waals surface area contributed by atoms with Crippen molar-refractivity contribution < 1.29 is 8.42 Å². The van der Waals surface area contributed by atoms with Crippen molar-refractivity contribution in [2.45, 2.75) is 32.6 Å². The second-order valence-electron chi connectivity index (χ2n) is 6.54. The van der Waals surface area contributed by atoms with Crippen molar-refractivity contribution in [3.05, 3.63) is 58.9 Å². The van der Waals surface area contributed by atoms with Crippen LogP contribution in [0.15, 0.2) is 41.6 Å². The van der Waals surface area contributed by atoms with Crippen LogP contribution in [0.4, 0.5) is 5.69 Å². The summed E-state index contributed by atoms with van der Waals surface area (Å²) in [6, 6.07) is 9.12. The third-order valence-corrected chi connectivity index (χ3v) is 6.33. The van der Waals surface area contributed by atoms with Crippen LogP contribution in [0.2, 0.25) is 0 Å².